The van der Waals surface area contributed by atoms with Crippen molar-refractivity contribution in [1.29, 1.82) is 0 Å². The molecular weight excluding hydrogens is 214 g/mol. The number of nitrogens with two attached hydrogens (primary N) is 1. The number of hydrogen-bond acceptors (Lipinski definition) is 3. The molecule has 1 aromatic rings. The van der Waals surface area contributed by atoms with Crippen LogP contribution in [0.3, 0.4) is 0 Å². The smallest absolute Gasteiger partial charge is 0.210 e. The lowest BCUT2D eigenvalue weighted by Gasteiger charge is -2.31. The molecule has 1 unspecified atom stereocenters. The van der Waals surface area contributed by atoms with E-state index in [4.69, 9.17) is 15.2 Å². The minimum atomic E-state index is -0.753. The van der Waals surface area contributed by atoms with Crippen LogP contribution in [-0.4, -0.2) is 20.3 Å². The highest BCUT2D eigenvalue weighted by molar-refractivity contribution is 5.85. The highest BCUT2D eigenvalue weighted by atomic mass is 35.5. The summed E-state index contributed by atoms with van der Waals surface area (Å²) in [6.45, 7) is 0. The number of hydrogen-bond donors (Lipinski definition) is 1. The highest BCUT2D eigenvalue weighted by Gasteiger charge is 2.45. The number of methoxy groups -OCH3 is 2. The average Bonchev–Trinajstić information content (AvgIpc) is 2.50. The van der Waals surface area contributed by atoms with E-state index in [1.807, 2.05) is 18.2 Å². The van der Waals surface area contributed by atoms with Crippen LogP contribution in [0.5, 0.6) is 0 Å². The van der Waals surface area contributed by atoms with Gasteiger partial charge in [-0.3, -0.25) is 0 Å². The first-order valence-electron chi connectivity index (χ1n) is 4.69. The molecule has 0 spiro atoms. The van der Waals surface area contributed by atoms with Crippen molar-refractivity contribution in [2.75, 3.05) is 14.2 Å². The van der Waals surface area contributed by atoms with Crippen molar-refractivity contribution in [2.45, 2.75) is 18.2 Å². The molecule has 0 aromatic heterocycles. The molecule has 0 fully saturated rings. The van der Waals surface area contributed by atoms with E-state index in [-0.39, 0.29) is 18.4 Å². The average molecular weight is 230 g/mol. The molecule has 1 aromatic carbocycles. The molecule has 1 aliphatic carbocycles. The molecule has 0 amide bonds. The Labute approximate surface area is 96.0 Å². The van der Waals surface area contributed by atoms with Gasteiger partial charge in [-0.05, 0) is 12.0 Å². The number of halogens is 1. The van der Waals surface area contributed by atoms with E-state index in [2.05, 4.69) is 6.07 Å². The van der Waals surface area contributed by atoms with Crippen molar-refractivity contribution in [2.24, 2.45) is 5.73 Å². The van der Waals surface area contributed by atoms with Gasteiger partial charge in [0.2, 0.25) is 5.79 Å². The maximum atomic E-state index is 6.04. The molecule has 2 N–H and O–H groups in total. The monoisotopic (exact) mass is 229 g/mol. The summed E-state index contributed by atoms with van der Waals surface area (Å²) in [6, 6.07) is 7.93. The quantitative estimate of drug-likeness (QED) is 0.781. The van der Waals surface area contributed by atoms with Gasteiger partial charge in [-0.25, -0.2) is 0 Å². The van der Waals surface area contributed by atoms with Gasteiger partial charge < -0.3 is 15.2 Å². The van der Waals surface area contributed by atoms with E-state index in [0.29, 0.717) is 0 Å². The Hall–Kier alpha value is -0.610. The maximum absolute atomic E-state index is 6.04. The van der Waals surface area contributed by atoms with Gasteiger partial charge >= 0.3 is 0 Å². The summed E-state index contributed by atoms with van der Waals surface area (Å²) >= 11 is 0. The van der Waals surface area contributed by atoms with E-state index >= 15 is 0 Å². The summed E-state index contributed by atoms with van der Waals surface area (Å²) in [4.78, 5) is 0. The molecule has 0 saturated carbocycles. The van der Waals surface area contributed by atoms with Crippen LogP contribution >= 0.6 is 12.4 Å². The van der Waals surface area contributed by atoms with Crippen molar-refractivity contribution >= 4 is 12.4 Å². The van der Waals surface area contributed by atoms with Gasteiger partial charge in [-0.2, -0.15) is 0 Å². The number of rotatable bonds is 2. The second-order valence-electron chi connectivity index (χ2n) is 3.54. The summed E-state index contributed by atoms with van der Waals surface area (Å²) in [7, 11) is 3.26. The molecule has 3 nitrogen and oxygen atoms in total. The second kappa shape index (κ2) is 4.49. The Morgan fingerprint density at radius 3 is 2.47 bits per heavy atom. The molecule has 0 radical (unpaired) electrons. The molecule has 0 saturated heterocycles. The van der Waals surface area contributed by atoms with Gasteiger partial charge in [0.15, 0.2) is 0 Å². The van der Waals surface area contributed by atoms with E-state index in [0.717, 1.165) is 12.0 Å². The van der Waals surface area contributed by atoms with E-state index < -0.39 is 5.79 Å². The standard InChI is InChI=1S/C11H15NO2.ClH/c1-13-11(14-2)9-6-4-3-5-8(9)7-10(11)12;/h3-6,10H,7,12H2,1-2H3;1H. The molecule has 0 heterocycles. The zero-order valence-electron chi connectivity index (χ0n) is 8.90. The minimum absolute atomic E-state index is 0. The largest absolute Gasteiger partial charge is 0.348 e. The maximum Gasteiger partial charge on any atom is 0.210 e. The third kappa shape index (κ3) is 1.66. The zero-order valence-corrected chi connectivity index (χ0v) is 9.71. The molecule has 84 valence electrons. The molecule has 0 bridgehead atoms. The van der Waals surface area contributed by atoms with Gasteiger partial charge in [-0.15, -0.1) is 12.4 Å². The Balaban J connectivity index is 0.00000112. The molecule has 1 aliphatic rings. The Morgan fingerprint density at radius 1 is 1.27 bits per heavy atom. The van der Waals surface area contributed by atoms with Gasteiger partial charge in [0.25, 0.3) is 0 Å². The van der Waals surface area contributed by atoms with Crippen LogP contribution in [0.1, 0.15) is 11.1 Å². The lowest BCUT2D eigenvalue weighted by Crippen LogP contribution is -2.45. The third-order valence-corrected chi connectivity index (χ3v) is 2.93. The fourth-order valence-corrected chi connectivity index (χ4v) is 2.22. The van der Waals surface area contributed by atoms with Crippen molar-refractivity contribution in [3.05, 3.63) is 35.4 Å². The number of ether oxygens (including phenoxy) is 2. The van der Waals surface area contributed by atoms with Crippen LogP contribution in [0.4, 0.5) is 0 Å². The summed E-state index contributed by atoms with van der Waals surface area (Å²) in [5.74, 6) is -0.753. The zero-order chi connectivity index (χ0) is 10.2. The Kier molecular flexibility index (Phi) is 3.73. The fraction of sp³-hybridized carbons (Fsp3) is 0.455. The molecule has 0 aliphatic heterocycles. The van der Waals surface area contributed by atoms with Crippen LogP contribution in [0.2, 0.25) is 0 Å². The lowest BCUT2D eigenvalue weighted by atomic mass is 10.1. The predicted octanol–water partition coefficient (Wildman–Crippen LogP) is 1.44. The van der Waals surface area contributed by atoms with Crippen molar-refractivity contribution in [3.8, 4) is 0 Å². The normalized spacial score (nSPS) is 21.9. The third-order valence-electron chi connectivity index (χ3n) is 2.93. The van der Waals surface area contributed by atoms with Crippen molar-refractivity contribution in [1.82, 2.24) is 0 Å². The first-order chi connectivity index (χ1) is 6.74. The molecule has 15 heavy (non-hydrogen) atoms. The lowest BCUT2D eigenvalue weighted by molar-refractivity contribution is -0.222. The van der Waals surface area contributed by atoms with Crippen LogP contribution in [0, 0.1) is 0 Å². The van der Waals surface area contributed by atoms with E-state index in [1.165, 1.54) is 5.56 Å². The van der Waals surface area contributed by atoms with Crippen molar-refractivity contribution in [3.63, 3.8) is 0 Å². The molecule has 2 rings (SSSR count). The van der Waals surface area contributed by atoms with Crippen LogP contribution < -0.4 is 5.73 Å². The second-order valence-corrected chi connectivity index (χ2v) is 3.54. The van der Waals surface area contributed by atoms with Crippen LogP contribution in [-0.2, 0) is 21.7 Å². The summed E-state index contributed by atoms with van der Waals surface area (Å²) < 4.78 is 10.9. The van der Waals surface area contributed by atoms with Crippen LogP contribution in [0.25, 0.3) is 0 Å². The summed E-state index contributed by atoms with van der Waals surface area (Å²) in [5, 5.41) is 0. The number of benzene rings is 1. The summed E-state index contributed by atoms with van der Waals surface area (Å²) in [6.07, 6.45) is 0.803. The van der Waals surface area contributed by atoms with Gasteiger partial charge in [0.05, 0.1) is 6.04 Å². The molecular formula is C11H16ClNO2. The van der Waals surface area contributed by atoms with E-state index in [1.54, 1.807) is 14.2 Å². The molecule has 1 atom stereocenters. The van der Waals surface area contributed by atoms with Crippen molar-refractivity contribution < 1.29 is 9.47 Å². The molecule has 4 heteroatoms. The van der Waals surface area contributed by atoms with Gasteiger partial charge in [0.1, 0.15) is 0 Å². The first-order valence-corrected chi connectivity index (χ1v) is 4.69. The van der Waals surface area contributed by atoms with Gasteiger partial charge in [-0.1, -0.05) is 24.3 Å². The fourth-order valence-electron chi connectivity index (χ4n) is 2.22. The Morgan fingerprint density at radius 2 is 1.87 bits per heavy atom. The topological polar surface area (TPSA) is 44.5 Å². The van der Waals surface area contributed by atoms with Gasteiger partial charge in [0, 0.05) is 19.8 Å². The van der Waals surface area contributed by atoms with Crippen LogP contribution in [0.15, 0.2) is 24.3 Å². The Bertz CT molecular complexity index is 339. The first kappa shape index (κ1) is 12.5. The SMILES string of the molecule is COC1(OC)c2ccccc2CC1N.Cl. The minimum Gasteiger partial charge on any atom is -0.348 e. The van der Waals surface area contributed by atoms with E-state index in [9.17, 15) is 0 Å². The summed E-state index contributed by atoms with van der Waals surface area (Å²) in [5.41, 5.74) is 8.30. The number of fused-ring (bicyclic) bond motifs is 1. The predicted molar refractivity (Wildman–Crippen MR) is 61.1 cm³/mol. The highest BCUT2D eigenvalue weighted by Crippen LogP contribution is 2.39.